The third-order valence-corrected chi connectivity index (χ3v) is 5.88. The first kappa shape index (κ1) is 24.8. The Balaban J connectivity index is 1.43. The van der Waals surface area contributed by atoms with E-state index in [0.29, 0.717) is 17.2 Å². The van der Waals surface area contributed by atoms with Crippen LogP contribution in [0.1, 0.15) is 30.8 Å². The molecule has 3 aromatic rings. The second kappa shape index (κ2) is 11.4. The quantitative estimate of drug-likeness (QED) is 0.388. The second-order valence-electron chi connectivity index (χ2n) is 8.76. The maximum absolute atomic E-state index is 9.04. The number of rotatable bonds is 7. The van der Waals surface area contributed by atoms with Crippen molar-refractivity contribution in [1.29, 1.82) is 10.7 Å². The minimum atomic E-state index is 0.0221. The molecule has 3 heterocycles. The number of aliphatic imine (C=N–C) groups is 1. The summed E-state index contributed by atoms with van der Waals surface area (Å²) in [6, 6.07) is 15.7. The van der Waals surface area contributed by atoms with Crippen LogP contribution in [0.3, 0.4) is 0 Å². The van der Waals surface area contributed by atoms with E-state index in [1.54, 1.807) is 17.3 Å². The Morgan fingerprint density at radius 2 is 1.89 bits per heavy atom. The van der Waals surface area contributed by atoms with Gasteiger partial charge in [0.15, 0.2) is 0 Å². The van der Waals surface area contributed by atoms with Crippen LogP contribution >= 0.6 is 0 Å². The first-order valence-corrected chi connectivity index (χ1v) is 11.9. The highest BCUT2D eigenvalue weighted by Crippen LogP contribution is 2.22. The number of nitriles is 1. The topological polar surface area (TPSA) is 134 Å². The van der Waals surface area contributed by atoms with Crippen molar-refractivity contribution in [2.24, 2.45) is 4.99 Å². The fraction of sp³-hybridized carbons (Fsp3) is 0.308. The van der Waals surface area contributed by atoms with Gasteiger partial charge >= 0.3 is 0 Å². The molecule has 10 heteroatoms. The van der Waals surface area contributed by atoms with Crippen molar-refractivity contribution in [3.63, 3.8) is 0 Å². The van der Waals surface area contributed by atoms with Crippen LogP contribution in [-0.4, -0.2) is 64.2 Å². The zero-order chi connectivity index (χ0) is 25.5. The summed E-state index contributed by atoms with van der Waals surface area (Å²) in [5.41, 5.74) is 8.85. The normalized spacial score (nSPS) is 14.5. The maximum Gasteiger partial charge on any atom is 0.234 e. The number of hydrogen-bond acceptors (Lipinski definition) is 9. The van der Waals surface area contributed by atoms with E-state index in [-0.39, 0.29) is 11.9 Å². The number of aromatic nitrogens is 3. The molecule has 1 aliphatic rings. The third-order valence-electron chi connectivity index (χ3n) is 5.88. The van der Waals surface area contributed by atoms with Crippen molar-refractivity contribution < 1.29 is 0 Å². The number of benzene rings is 1. The van der Waals surface area contributed by atoms with Gasteiger partial charge in [-0.1, -0.05) is 12.1 Å². The van der Waals surface area contributed by atoms with E-state index in [1.165, 1.54) is 11.9 Å². The number of amidine groups is 1. The van der Waals surface area contributed by atoms with Crippen LogP contribution in [-0.2, 0) is 6.54 Å². The Hall–Kier alpha value is -4.36. The molecular formula is C26H30N10. The molecule has 0 radical (unpaired) electrons. The number of nitrogens with two attached hydrogens (primary N) is 1. The van der Waals surface area contributed by atoms with E-state index in [4.69, 9.17) is 21.4 Å². The number of nitrogens with zero attached hydrogens (tertiary/aromatic N) is 8. The number of piperazine rings is 1. The van der Waals surface area contributed by atoms with Gasteiger partial charge in [0.05, 0.1) is 11.9 Å². The smallest absolute Gasteiger partial charge is 0.234 e. The van der Waals surface area contributed by atoms with E-state index in [0.717, 1.165) is 44.2 Å². The van der Waals surface area contributed by atoms with Crippen LogP contribution in [0.15, 0.2) is 59.9 Å². The van der Waals surface area contributed by atoms with Gasteiger partial charge in [-0.15, -0.1) is 0 Å². The summed E-state index contributed by atoms with van der Waals surface area (Å²) in [5.74, 6) is 1.97. The molecule has 0 unspecified atom stereocenters. The molecule has 4 rings (SSSR count). The molecular weight excluding hydrogens is 452 g/mol. The standard InChI is InChI=1S/C26H30N10/c1-19(2)32-26(22-4-3-10-31-25(22)29)36(18-28)21-7-5-20(6-8-21)17-34-12-14-35(15-13-34)24-9-11-30-23(16-27)33-24/h3-11,18-19,28H,12-15,17H2,1-2H3,(H2,29,31). The average molecular weight is 483 g/mol. The van der Waals surface area contributed by atoms with Crippen molar-refractivity contribution >= 4 is 29.5 Å². The van der Waals surface area contributed by atoms with Gasteiger partial charge in [0.25, 0.3) is 0 Å². The van der Waals surface area contributed by atoms with Crippen molar-refractivity contribution in [1.82, 2.24) is 19.9 Å². The summed E-state index contributed by atoms with van der Waals surface area (Å²) in [5, 5.41) is 17.1. The largest absolute Gasteiger partial charge is 0.383 e. The molecule has 1 saturated heterocycles. The lowest BCUT2D eigenvalue weighted by Crippen LogP contribution is -2.46. The highest BCUT2D eigenvalue weighted by molar-refractivity contribution is 6.20. The van der Waals surface area contributed by atoms with Gasteiger partial charge < -0.3 is 10.6 Å². The van der Waals surface area contributed by atoms with Crippen LogP contribution in [0.4, 0.5) is 17.3 Å². The lowest BCUT2D eigenvalue weighted by atomic mass is 10.1. The summed E-state index contributed by atoms with van der Waals surface area (Å²) in [7, 11) is 0. The highest BCUT2D eigenvalue weighted by atomic mass is 15.3. The molecule has 0 atom stereocenters. The Bertz CT molecular complexity index is 1250. The van der Waals surface area contributed by atoms with Crippen molar-refractivity contribution in [3.8, 4) is 6.07 Å². The molecule has 184 valence electrons. The fourth-order valence-corrected chi connectivity index (χ4v) is 4.11. The lowest BCUT2D eigenvalue weighted by molar-refractivity contribution is 0.249. The number of hydrogen-bond donors (Lipinski definition) is 2. The molecule has 10 nitrogen and oxygen atoms in total. The van der Waals surface area contributed by atoms with Crippen LogP contribution in [0.2, 0.25) is 0 Å². The fourth-order valence-electron chi connectivity index (χ4n) is 4.11. The predicted molar refractivity (Wildman–Crippen MR) is 142 cm³/mol. The molecule has 2 aromatic heterocycles. The van der Waals surface area contributed by atoms with E-state index >= 15 is 0 Å². The van der Waals surface area contributed by atoms with Crippen LogP contribution < -0.4 is 15.5 Å². The zero-order valence-corrected chi connectivity index (χ0v) is 20.5. The molecule has 36 heavy (non-hydrogen) atoms. The number of anilines is 3. The van der Waals surface area contributed by atoms with E-state index in [2.05, 4.69) is 36.9 Å². The summed E-state index contributed by atoms with van der Waals surface area (Å²) in [4.78, 5) is 23.5. The number of pyridine rings is 1. The summed E-state index contributed by atoms with van der Waals surface area (Å²) >= 11 is 0. The van der Waals surface area contributed by atoms with Gasteiger partial charge in [0.1, 0.15) is 23.5 Å². The average Bonchev–Trinajstić information content (AvgIpc) is 2.90. The minimum absolute atomic E-state index is 0.0221. The Kier molecular flexibility index (Phi) is 7.82. The Labute approximate surface area is 211 Å². The summed E-state index contributed by atoms with van der Waals surface area (Å²) < 4.78 is 0. The number of nitrogen functional groups attached to an aromatic ring is 1. The van der Waals surface area contributed by atoms with Gasteiger partial charge in [-0.3, -0.25) is 20.2 Å². The molecule has 1 aromatic carbocycles. The van der Waals surface area contributed by atoms with Crippen LogP contribution in [0.5, 0.6) is 0 Å². The molecule has 1 fully saturated rings. The molecule has 3 N–H and O–H groups in total. The zero-order valence-electron chi connectivity index (χ0n) is 20.5. The summed E-state index contributed by atoms with van der Waals surface area (Å²) in [6.45, 7) is 8.27. The van der Waals surface area contributed by atoms with Crippen molar-refractivity contribution in [3.05, 3.63) is 71.8 Å². The predicted octanol–water partition coefficient (Wildman–Crippen LogP) is 2.92. The van der Waals surface area contributed by atoms with Gasteiger partial charge in [-0.05, 0) is 49.7 Å². The maximum atomic E-state index is 9.04. The SMILES string of the molecule is CC(C)N=C(c1cccnc1N)N(C=N)c1ccc(CN2CCN(c3ccnc(C#N)n3)CC2)cc1. The first-order valence-electron chi connectivity index (χ1n) is 11.9. The molecule has 0 amide bonds. The molecule has 1 aliphatic heterocycles. The molecule has 0 aliphatic carbocycles. The molecule has 0 saturated carbocycles. The van der Waals surface area contributed by atoms with Gasteiger partial charge in [0, 0.05) is 56.8 Å². The molecule has 0 bridgehead atoms. The van der Waals surface area contributed by atoms with Crippen molar-refractivity contribution in [2.75, 3.05) is 41.7 Å². The van der Waals surface area contributed by atoms with Gasteiger partial charge in [-0.25, -0.2) is 15.0 Å². The Morgan fingerprint density at radius 1 is 1.14 bits per heavy atom. The second-order valence-corrected chi connectivity index (χ2v) is 8.76. The third kappa shape index (κ3) is 5.82. The summed E-state index contributed by atoms with van der Waals surface area (Å²) in [6.07, 6.45) is 4.53. The first-order chi connectivity index (χ1) is 17.5. The van der Waals surface area contributed by atoms with Gasteiger partial charge in [-0.2, -0.15) is 5.26 Å². The number of nitrogens with one attached hydrogen (secondary N) is 1. The molecule has 0 spiro atoms. The van der Waals surface area contributed by atoms with Crippen LogP contribution in [0, 0.1) is 16.7 Å². The van der Waals surface area contributed by atoms with Crippen molar-refractivity contribution in [2.45, 2.75) is 26.4 Å². The van der Waals surface area contributed by atoms with E-state index in [1.807, 2.05) is 50.2 Å². The monoisotopic (exact) mass is 482 g/mol. The lowest BCUT2D eigenvalue weighted by Gasteiger charge is -2.35. The van der Waals surface area contributed by atoms with Gasteiger partial charge in [0.2, 0.25) is 5.82 Å². The van der Waals surface area contributed by atoms with Crippen LogP contribution in [0.25, 0.3) is 0 Å². The van der Waals surface area contributed by atoms with E-state index in [9.17, 15) is 0 Å². The Morgan fingerprint density at radius 3 is 2.53 bits per heavy atom. The minimum Gasteiger partial charge on any atom is -0.383 e. The highest BCUT2D eigenvalue weighted by Gasteiger charge is 2.20. The van der Waals surface area contributed by atoms with E-state index < -0.39 is 0 Å².